The summed E-state index contributed by atoms with van der Waals surface area (Å²) in [4.78, 5) is 23.7. The van der Waals surface area contributed by atoms with Gasteiger partial charge in [0.1, 0.15) is 11.5 Å². The molecule has 3 aromatic heterocycles. The highest BCUT2D eigenvalue weighted by molar-refractivity contribution is 6.01. The molecule has 3 heterocycles. The van der Waals surface area contributed by atoms with Gasteiger partial charge in [0.25, 0.3) is 5.91 Å². The summed E-state index contributed by atoms with van der Waals surface area (Å²) < 4.78 is 0. The van der Waals surface area contributed by atoms with E-state index < -0.39 is 0 Å². The molecular formula is C19H18N6O. The summed E-state index contributed by atoms with van der Waals surface area (Å²) in [7, 11) is 0. The van der Waals surface area contributed by atoms with Crippen LogP contribution in [0.15, 0.2) is 54.9 Å². The average Bonchev–Trinajstić information content (AvgIpc) is 3.30. The fourth-order valence-electron chi connectivity index (χ4n) is 2.91. The van der Waals surface area contributed by atoms with Crippen LogP contribution in [0.4, 0.5) is 5.95 Å². The van der Waals surface area contributed by atoms with Crippen molar-refractivity contribution in [1.29, 1.82) is 0 Å². The highest BCUT2D eigenvalue weighted by atomic mass is 16.2. The third kappa shape index (κ3) is 3.46. The first-order chi connectivity index (χ1) is 12.8. The van der Waals surface area contributed by atoms with Crippen LogP contribution in [0.1, 0.15) is 28.3 Å². The van der Waals surface area contributed by atoms with Gasteiger partial charge >= 0.3 is 0 Å². The minimum atomic E-state index is -0.324. The Bertz CT molecular complexity index is 1020. The van der Waals surface area contributed by atoms with Crippen LogP contribution >= 0.6 is 0 Å². The molecule has 0 radical (unpaired) electrons. The molecule has 4 aromatic rings. The molecule has 26 heavy (non-hydrogen) atoms. The van der Waals surface area contributed by atoms with E-state index in [1.54, 1.807) is 24.4 Å². The summed E-state index contributed by atoms with van der Waals surface area (Å²) in [6.07, 6.45) is 6.27. The van der Waals surface area contributed by atoms with E-state index >= 15 is 0 Å². The maximum atomic E-state index is 12.0. The number of anilines is 1. The fraction of sp³-hybridized carbons (Fsp3) is 0.158. The van der Waals surface area contributed by atoms with Gasteiger partial charge in [0.05, 0.1) is 0 Å². The van der Waals surface area contributed by atoms with E-state index in [4.69, 9.17) is 0 Å². The van der Waals surface area contributed by atoms with E-state index in [1.165, 1.54) is 10.9 Å². The van der Waals surface area contributed by atoms with E-state index in [2.05, 4.69) is 48.8 Å². The van der Waals surface area contributed by atoms with Gasteiger partial charge in [-0.05, 0) is 36.6 Å². The van der Waals surface area contributed by atoms with E-state index in [0.29, 0.717) is 5.69 Å². The predicted molar refractivity (Wildman–Crippen MR) is 98.9 cm³/mol. The second kappa shape index (κ2) is 7.18. The zero-order chi connectivity index (χ0) is 17.8. The van der Waals surface area contributed by atoms with Gasteiger partial charge in [-0.15, -0.1) is 5.10 Å². The molecule has 0 atom stereocenters. The van der Waals surface area contributed by atoms with Crippen molar-refractivity contribution in [2.45, 2.75) is 19.3 Å². The topological polar surface area (TPSA) is 99.3 Å². The number of para-hydroxylation sites is 1. The molecule has 130 valence electrons. The predicted octanol–water partition coefficient (Wildman–Crippen LogP) is 3.11. The number of carbonyl (C=O) groups excluding carboxylic acids is 1. The molecule has 0 fully saturated rings. The van der Waals surface area contributed by atoms with Crippen molar-refractivity contribution in [1.82, 2.24) is 25.1 Å². The van der Waals surface area contributed by atoms with Gasteiger partial charge in [-0.2, -0.15) is 4.98 Å². The minimum absolute atomic E-state index is 0.266. The summed E-state index contributed by atoms with van der Waals surface area (Å²) >= 11 is 0. The third-order valence-electron chi connectivity index (χ3n) is 4.19. The van der Waals surface area contributed by atoms with Crippen LogP contribution in [0.25, 0.3) is 10.9 Å². The van der Waals surface area contributed by atoms with Crippen molar-refractivity contribution in [3.8, 4) is 0 Å². The van der Waals surface area contributed by atoms with E-state index in [9.17, 15) is 4.79 Å². The maximum Gasteiger partial charge on any atom is 0.276 e. The number of aromatic amines is 2. The molecule has 0 aliphatic rings. The van der Waals surface area contributed by atoms with Gasteiger partial charge in [-0.3, -0.25) is 20.2 Å². The smallest absolute Gasteiger partial charge is 0.276 e. The number of aromatic nitrogens is 5. The van der Waals surface area contributed by atoms with Crippen LogP contribution in [0.3, 0.4) is 0 Å². The summed E-state index contributed by atoms with van der Waals surface area (Å²) in [6.45, 7) is 0. The van der Waals surface area contributed by atoms with Crippen LogP contribution in [0.5, 0.6) is 0 Å². The summed E-state index contributed by atoms with van der Waals surface area (Å²) in [5.74, 6) is 0.693. The SMILES string of the molecule is O=C(Nc1n[nH]c(CCCc2c[nH]c3ccccc23)n1)c1ccccn1. The van der Waals surface area contributed by atoms with Gasteiger partial charge in [-0.25, -0.2) is 0 Å². The van der Waals surface area contributed by atoms with Crippen molar-refractivity contribution >= 4 is 22.8 Å². The number of benzene rings is 1. The monoisotopic (exact) mass is 346 g/mol. The lowest BCUT2D eigenvalue weighted by atomic mass is 10.1. The number of hydrogen-bond donors (Lipinski definition) is 3. The number of hydrogen-bond acceptors (Lipinski definition) is 4. The Kier molecular flexibility index (Phi) is 4.42. The molecule has 0 saturated carbocycles. The molecule has 0 unspecified atom stereocenters. The highest BCUT2D eigenvalue weighted by Crippen LogP contribution is 2.19. The van der Waals surface area contributed by atoms with E-state index in [-0.39, 0.29) is 11.9 Å². The maximum absolute atomic E-state index is 12.0. The fourth-order valence-corrected chi connectivity index (χ4v) is 2.91. The van der Waals surface area contributed by atoms with Crippen molar-refractivity contribution in [3.63, 3.8) is 0 Å². The second-order valence-electron chi connectivity index (χ2n) is 5.99. The first kappa shape index (κ1) is 16.0. The molecule has 0 aliphatic heterocycles. The number of pyridine rings is 1. The van der Waals surface area contributed by atoms with Crippen LogP contribution < -0.4 is 5.32 Å². The lowest BCUT2D eigenvalue weighted by Gasteiger charge is -1.99. The molecule has 0 saturated heterocycles. The number of nitrogens with one attached hydrogen (secondary N) is 3. The highest BCUT2D eigenvalue weighted by Gasteiger charge is 2.11. The Balaban J connectivity index is 1.33. The van der Waals surface area contributed by atoms with Crippen molar-refractivity contribution < 1.29 is 4.79 Å². The average molecular weight is 346 g/mol. The number of fused-ring (bicyclic) bond motifs is 1. The molecule has 0 spiro atoms. The van der Waals surface area contributed by atoms with Gasteiger partial charge in [0.2, 0.25) is 5.95 Å². The van der Waals surface area contributed by atoms with Gasteiger partial charge in [0, 0.05) is 29.7 Å². The molecule has 1 aromatic carbocycles. The second-order valence-corrected chi connectivity index (χ2v) is 5.99. The molecule has 7 heteroatoms. The number of H-pyrrole nitrogens is 2. The first-order valence-corrected chi connectivity index (χ1v) is 8.48. The van der Waals surface area contributed by atoms with Crippen LogP contribution in [0, 0.1) is 0 Å². The van der Waals surface area contributed by atoms with Crippen LogP contribution in [0.2, 0.25) is 0 Å². The van der Waals surface area contributed by atoms with E-state index in [0.717, 1.165) is 30.6 Å². The zero-order valence-electron chi connectivity index (χ0n) is 14.1. The molecule has 1 amide bonds. The molecule has 4 rings (SSSR count). The number of rotatable bonds is 6. The number of nitrogens with zero attached hydrogens (tertiary/aromatic N) is 3. The molecule has 0 bridgehead atoms. The summed E-state index contributed by atoms with van der Waals surface area (Å²) in [5.41, 5.74) is 2.78. The quantitative estimate of drug-likeness (QED) is 0.499. The molecule has 0 aliphatic carbocycles. The number of amides is 1. The number of carbonyl (C=O) groups is 1. The molecule has 7 nitrogen and oxygen atoms in total. The lowest BCUT2D eigenvalue weighted by Crippen LogP contribution is -2.14. The van der Waals surface area contributed by atoms with Gasteiger partial charge in [0.15, 0.2) is 0 Å². The molecular weight excluding hydrogens is 328 g/mol. The Labute approximate surface area is 149 Å². The number of aryl methyl sites for hydroxylation is 2. The summed E-state index contributed by atoms with van der Waals surface area (Å²) in [6, 6.07) is 13.4. The Morgan fingerprint density at radius 3 is 2.85 bits per heavy atom. The van der Waals surface area contributed by atoms with Crippen LogP contribution in [-0.4, -0.2) is 31.1 Å². The normalized spacial score (nSPS) is 10.9. The van der Waals surface area contributed by atoms with Crippen molar-refractivity contribution in [2.24, 2.45) is 0 Å². The Morgan fingerprint density at radius 2 is 1.96 bits per heavy atom. The lowest BCUT2D eigenvalue weighted by molar-refractivity contribution is 0.102. The zero-order valence-corrected chi connectivity index (χ0v) is 14.1. The van der Waals surface area contributed by atoms with Gasteiger partial charge < -0.3 is 4.98 Å². The van der Waals surface area contributed by atoms with Gasteiger partial charge in [-0.1, -0.05) is 24.3 Å². The summed E-state index contributed by atoms with van der Waals surface area (Å²) in [5, 5.41) is 10.8. The van der Waals surface area contributed by atoms with Crippen LogP contribution in [-0.2, 0) is 12.8 Å². The Hall–Kier alpha value is -3.48. The molecule has 3 N–H and O–H groups in total. The van der Waals surface area contributed by atoms with E-state index in [1.807, 2.05) is 12.1 Å². The first-order valence-electron chi connectivity index (χ1n) is 8.48. The largest absolute Gasteiger partial charge is 0.361 e. The minimum Gasteiger partial charge on any atom is -0.361 e. The Morgan fingerprint density at radius 1 is 1.08 bits per heavy atom. The van der Waals surface area contributed by atoms with Crippen molar-refractivity contribution in [3.05, 3.63) is 71.9 Å². The standard InChI is InChI=1S/C19H18N6O/c26-18(16-9-3-4-11-20-16)23-19-22-17(24-25-19)10-5-6-13-12-21-15-8-2-1-7-14(13)15/h1-4,7-9,11-12,21H,5-6,10H2,(H2,22,23,24,25,26). The third-order valence-corrected chi connectivity index (χ3v) is 4.19. The van der Waals surface area contributed by atoms with Crippen molar-refractivity contribution in [2.75, 3.05) is 5.32 Å².